The Morgan fingerprint density at radius 3 is 1.67 bits per heavy atom. The first-order valence-electron chi connectivity index (χ1n) is 16.4. The molecule has 0 unspecified atom stereocenters. The molecule has 10 aromatic rings. The van der Waals surface area contributed by atoms with Crippen LogP contribution in [0.4, 0.5) is 0 Å². The van der Waals surface area contributed by atoms with Crippen LogP contribution in [0.25, 0.3) is 96.9 Å². The molecule has 0 atom stereocenters. The topological polar surface area (TPSA) is 38.7 Å². The summed E-state index contributed by atoms with van der Waals surface area (Å²) in [6.45, 7) is 0. The molecule has 0 saturated heterocycles. The van der Waals surface area contributed by atoms with Gasteiger partial charge in [0.05, 0.1) is 0 Å². The van der Waals surface area contributed by atoms with Gasteiger partial charge in [-0.1, -0.05) is 12.1 Å². The number of aromatic nitrogens is 3. The van der Waals surface area contributed by atoms with E-state index >= 15 is 0 Å². The van der Waals surface area contributed by atoms with E-state index < -0.39 is 0 Å². The molecule has 49 heavy (non-hydrogen) atoms. The Bertz CT molecular complexity index is 2820. The van der Waals surface area contributed by atoms with Gasteiger partial charge in [-0.3, -0.25) is 0 Å². The second-order valence-corrected chi connectivity index (χ2v) is 14.5. The number of hydrogen-bond donors (Lipinski definition) is 0. The van der Waals surface area contributed by atoms with Crippen LogP contribution in [0.5, 0.6) is 0 Å². The molecule has 0 N–H and O–H groups in total. The Kier molecular flexibility index (Phi) is 6.51. The fourth-order valence-corrected chi connectivity index (χ4v) is 10.1. The minimum atomic E-state index is 0.156. The van der Waals surface area contributed by atoms with Crippen molar-refractivity contribution < 1.29 is 0 Å². The average molecular weight is 689 g/mol. The van der Waals surface area contributed by atoms with Crippen molar-refractivity contribution in [2.24, 2.45) is 0 Å². The third-order valence-corrected chi connectivity index (χ3v) is 12.2. The average Bonchev–Trinajstić information content (AvgIpc) is 3.57. The second kappa shape index (κ2) is 11.3. The maximum absolute atomic E-state index is 5.07. The van der Waals surface area contributed by atoms with Gasteiger partial charge in [0, 0.05) is 0 Å². The molecule has 0 aliphatic rings. The van der Waals surface area contributed by atoms with Crippen LogP contribution in [-0.4, -0.2) is 29.5 Å². The van der Waals surface area contributed by atoms with Crippen molar-refractivity contribution in [2.45, 2.75) is 0 Å². The van der Waals surface area contributed by atoms with Crippen molar-refractivity contribution in [3.05, 3.63) is 164 Å². The van der Waals surface area contributed by atoms with E-state index in [4.69, 9.17) is 15.0 Å². The van der Waals surface area contributed by atoms with Gasteiger partial charge in [-0.2, -0.15) is 0 Å². The maximum atomic E-state index is 5.07. The van der Waals surface area contributed by atoms with Gasteiger partial charge < -0.3 is 0 Å². The van der Waals surface area contributed by atoms with Crippen molar-refractivity contribution in [3.8, 4) is 45.3 Å². The standard InChI is InChI=1S/C45H27N3Se/c1-3-12-31(13-4-1)43-46-44(32-14-5-2-6-15-32)48-45(47-43)38-20-9-16-29-22-24-33(27-39(29)38)35-18-10-19-36-37-26-25-30-23-21-28-11-7-8-17-34(28)40(30)42(37)49-41(35)36/h1-27H. The molecule has 0 radical (unpaired) electrons. The number of nitrogens with zero attached hydrogens (tertiary/aromatic N) is 3. The van der Waals surface area contributed by atoms with Crippen molar-refractivity contribution in [3.63, 3.8) is 0 Å². The van der Waals surface area contributed by atoms with E-state index in [0.717, 1.165) is 27.5 Å². The number of fused-ring (bicyclic) bond motifs is 8. The number of benzene rings is 8. The zero-order valence-electron chi connectivity index (χ0n) is 26.3. The SMILES string of the molecule is c1ccc(-c2nc(-c3ccccc3)nc(-c3cccc4ccc(-c5cccc6c5[se]c5c6ccc6ccc7ccccc7c65)cc34)n2)cc1. The first-order chi connectivity index (χ1) is 24.3. The van der Waals surface area contributed by atoms with Crippen LogP contribution in [0, 0.1) is 0 Å². The van der Waals surface area contributed by atoms with Crippen LogP contribution in [0.15, 0.2) is 164 Å². The molecule has 0 bridgehead atoms. The summed E-state index contributed by atoms with van der Waals surface area (Å²) in [6.07, 6.45) is 0. The summed E-state index contributed by atoms with van der Waals surface area (Å²) in [4.78, 5) is 15.1. The minimum absolute atomic E-state index is 0.156. The summed E-state index contributed by atoms with van der Waals surface area (Å²) < 4.78 is 2.93. The van der Waals surface area contributed by atoms with Crippen LogP contribution in [0.1, 0.15) is 0 Å². The Morgan fingerprint density at radius 1 is 0.327 bits per heavy atom. The Hall–Kier alpha value is -5.93. The third-order valence-electron chi connectivity index (χ3n) is 9.51. The quantitative estimate of drug-likeness (QED) is 0.136. The molecule has 0 saturated carbocycles. The van der Waals surface area contributed by atoms with Crippen molar-refractivity contribution in [1.82, 2.24) is 15.0 Å². The molecule has 0 fully saturated rings. The van der Waals surface area contributed by atoms with Gasteiger partial charge in [-0.25, -0.2) is 0 Å². The fourth-order valence-electron chi connectivity index (χ4n) is 7.13. The van der Waals surface area contributed by atoms with Crippen LogP contribution >= 0.6 is 0 Å². The summed E-state index contributed by atoms with van der Waals surface area (Å²) in [7, 11) is 0. The first kappa shape index (κ1) is 28.1. The molecule has 0 aliphatic heterocycles. The monoisotopic (exact) mass is 689 g/mol. The summed E-state index contributed by atoms with van der Waals surface area (Å²) >= 11 is 0.156. The van der Waals surface area contributed by atoms with Crippen LogP contribution < -0.4 is 0 Å². The molecule has 10 rings (SSSR count). The number of rotatable bonds is 4. The van der Waals surface area contributed by atoms with E-state index in [1.807, 2.05) is 36.4 Å². The van der Waals surface area contributed by atoms with Crippen LogP contribution in [0.3, 0.4) is 0 Å². The van der Waals surface area contributed by atoms with Gasteiger partial charge in [-0.15, -0.1) is 0 Å². The van der Waals surface area contributed by atoms with Crippen molar-refractivity contribution in [2.75, 3.05) is 0 Å². The normalized spacial score (nSPS) is 11.7. The molecular weight excluding hydrogens is 661 g/mol. The summed E-state index contributed by atoms with van der Waals surface area (Å²) in [5.74, 6) is 2.00. The zero-order valence-corrected chi connectivity index (χ0v) is 28.1. The first-order valence-corrected chi connectivity index (χ1v) is 18.2. The Balaban J connectivity index is 1.19. The van der Waals surface area contributed by atoms with Gasteiger partial charge in [-0.05, 0) is 0 Å². The summed E-state index contributed by atoms with van der Waals surface area (Å²) in [5.41, 5.74) is 5.43. The van der Waals surface area contributed by atoms with Gasteiger partial charge >= 0.3 is 278 Å². The predicted octanol–water partition coefficient (Wildman–Crippen LogP) is 11.4. The molecule has 3 nitrogen and oxygen atoms in total. The van der Waals surface area contributed by atoms with Crippen molar-refractivity contribution >= 4 is 66.1 Å². The van der Waals surface area contributed by atoms with Gasteiger partial charge in [0.25, 0.3) is 0 Å². The fraction of sp³-hybridized carbons (Fsp3) is 0. The van der Waals surface area contributed by atoms with E-state index in [1.54, 1.807) is 0 Å². The molecule has 0 aliphatic carbocycles. The molecule has 4 heteroatoms. The molecule has 2 heterocycles. The molecular formula is C45H27N3Se. The van der Waals surface area contributed by atoms with Gasteiger partial charge in [0.2, 0.25) is 0 Å². The predicted molar refractivity (Wildman–Crippen MR) is 206 cm³/mol. The zero-order chi connectivity index (χ0) is 32.3. The second-order valence-electron chi connectivity index (χ2n) is 12.4. The molecule has 0 amide bonds. The summed E-state index contributed by atoms with van der Waals surface area (Å²) in [5, 5.41) is 10.3. The molecule has 228 valence electrons. The van der Waals surface area contributed by atoms with E-state index in [9.17, 15) is 0 Å². The van der Waals surface area contributed by atoms with Crippen molar-refractivity contribution in [1.29, 1.82) is 0 Å². The summed E-state index contributed by atoms with van der Waals surface area (Å²) in [6, 6.07) is 58.3. The third kappa shape index (κ3) is 4.69. The molecule has 2 aromatic heterocycles. The van der Waals surface area contributed by atoms with Gasteiger partial charge in [0.15, 0.2) is 0 Å². The van der Waals surface area contributed by atoms with E-state index in [2.05, 4.69) is 127 Å². The van der Waals surface area contributed by atoms with E-state index in [0.29, 0.717) is 17.5 Å². The van der Waals surface area contributed by atoms with E-state index in [-0.39, 0.29) is 14.5 Å². The van der Waals surface area contributed by atoms with Crippen LogP contribution in [-0.2, 0) is 0 Å². The molecule has 8 aromatic carbocycles. The van der Waals surface area contributed by atoms with Crippen LogP contribution in [0.2, 0.25) is 0 Å². The molecule has 0 spiro atoms. The van der Waals surface area contributed by atoms with Gasteiger partial charge in [0.1, 0.15) is 0 Å². The van der Waals surface area contributed by atoms with E-state index in [1.165, 1.54) is 52.0 Å². The Morgan fingerprint density at radius 2 is 0.878 bits per heavy atom. The Labute approximate surface area is 288 Å². The number of hydrogen-bond acceptors (Lipinski definition) is 3.